The molecule has 2 aromatic rings. The van der Waals surface area contributed by atoms with Crippen molar-refractivity contribution in [2.24, 2.45) is 35.1 Å². The number of likely N-dealkylation sites (N-methyl/N-ethyl adjacent to an activating group) is 2. The summed E-state index contributed by atoms with van der Waals surface area (Å²) in [5, 5.41) is 18.0. The molecule has 0 aromatic heterocycles. The first-order valence-corrected chi connectivity index (χ1v) is 23.1. The molecule has 2 amide bonds. The minimum absolute atomic E-state index is 0. The Bertz CT molecular complexity index is 1850. The number of carbonyl (C=O) groups excluding carboxylic acids is 4. The quantitative estimate of drug-likeness (QED) is 0.136. The van der Waals surface area contributed by atoms with E-state index in [2.05, 4.69) is 9.80 Å². The summed E-state index contributed by atoms with van der Waals surface area (Å²) < 4.78 is 23.1. The number of rotatable bonds is 12. The summed E-state index contributed by atoms with van der Waals surface area (Å²) in [5.74, 6) is -4.56. The highest BCUT2D eigenvalue weighted by atomic mass is 35.5. The number of amides is 2. The van der Waals surface area contributed by atoms with Crippen LogP contribution in [0, 0.1) is 23.7 Å². The van der Waals surface area contributed by atoms with Crippen LogP contribution in [0.1, 0.15) is 44.2 Å². The maximum absolute atomic E-state index is 13.2. The van der Waals surface area contributed by atoms with Crippen LogP contribution in [0.2, 0.25) is 0 Å². The van der Waals surface area contributed by atoms with Gasteiger partial charge < -0.3 is 60.2 Å². The number of halogens is 3. The average molecular weight is 1000 g/mol. The summed E-state index contributed by atoms with van der Waals surface area (Å²) in [6.45, 7) is 5.91. The monoisotopic (exact) mass is 998 g/mol. The van der Waals surface area contributed by atoms with Crippen molar-refractivity contribution in [3.05, 3.63) is 59.7 Å². The molecule has 0 spiro atoms. The largest absolute Gasteiger partial charge is 0.480 e. The average Bonchev–Trinajstić information content (AvgIpc) is 4.11. The molecule has 2 aromatic carbocycles. The topological polar surface area (TPSA) is 245 Å². The summed E-state index contributed by atoms with van der Waals surface area (Å²) in [6, 6.07) is 11.3. The summed E-state index contributed by atoms with van der Waals surface area (Å²) in [7, 11) is 4.06. The number of ether oxygens (including phenoxy) is 4. The van der Waals surface area contributed by atoms with E-state index in [1.165, 1.54) is 0 Å². The molecule has 4 bridgehead atoms. The molecule has 6 aliphatic rings. The van der Waals surface area contributed by atoms with E-state index in [1.54, 1.807) is 48.5 Å². The van der Waals surface area contributed by atoms with Gasteiger partial charge in [-0.15, -0.1) is 35.6 Å². The fraction of sp³-hybridized carbons (Fsp3) is 0.609. The summed E-state index contributed by atoms with van der Waals surface area (Å²) in [4.78, 5) is 82.4. The second-order valence-electron chi connectivity index (χ2n) is 17.5. The molecule has 10 unspecified atom stereocenters. The van der Waals surface area contributed by atoms with Crippen molar-refractivity contribution in [2.75, 3.05) is 71.8 Å². The third kappa shape index (κ3) is 14.0. The Morgan fingerprint density at radius 2 is 0.866 bits per heavy atom. The maximum Gasteiger partial charge on any atom is 0.320 e. The van der Waals surface area contributed by atoms with Gasteiger partial charge in [-0.2, -0.15) is 0 Å². The van der Waals surface area contributed by atoms with Crippen LogP contribution < -0.4 is 20.9 Å². The number of esters is 2. The number of carboxylic acid groups (broad SMARTS) is 2. The van der Waals surface area contributed by atoms with Gasteiger partial charge in [0.2, 0.25) is 11.8 Å². The second-order valence-corrected chi connectivity index (χ2v) is 18.3. The first kappa shape index (κ1) is 55.5. The third-order valence-electron chi connectivity index (χ3n) is 13.1. The summed E-state index contributed by atoms with van der Waals surface area (Å²) in [5.41, 5.74) is 12.6. The van der Waals surface area contributed by atoms with Crippen molar-refractivity contribution < 1.29 is 57.9 Å². The molecule has 8 rings (SSSR count). The Labute approximate surface area is 407 Å². The Kier molecular flexibility index (Phi) is 21.1. The lowest BCUT2D eigenvalue weighted by Gasteiger charge is -2.36. The first-order valence-electron chi connectivity index (χ1n) is 22.0. The normalized spacial score (nSPS) is 27.1. The molecule has 6 heterocycles. The van der Waals surface area contributed by atoms with Crippen molar-refractivity contribution in [3.63, 3.8) is 0 Å². The molecule has 6 N–H and O–H groups in total. The maximum atomic E-state index is 13.2. The van der Waals surface area contributed by atoms with E-state index >= 15 is 0 Å². The number of aliphatic carboxylic acids is 2. The van der Waals surface area contributed by atoms with Crippen molar-refractivity contribution in [1.82, 2.24) is 19.6 Å². The number of carboxylic acids is 2. The van der Waals surface area contributed by atoms with Crippen molar-refractivity contribution in [2.45, 2.75) is 82.5 Å². The first-order chi connectivity index (χ1) is 31.1. The van der Waals surface area contributed by atoms with E-state index in [1.807, 2.05) is 23.9 Å². The summed E-state index contributed by atoms with van der Waals surface area (Å²) >= 11 is 9.53. The van der Waals surface area contributed by atoms with E-state index < -0.39 is 59.6 Å². The molecule has 6 saturated heterocycles. The molecule has 21 heteroatoms. The zero-order valence-corrected chi connectivity index (χ0v) is 39.4. The van der Waals surface area contributed by atoms with Crippen molar-refractivity contribution in [1.29, 1.82) is 0 Å². The lowest BCUT2D eigenvalue weighted by Crippen LogP contribution is -2.52. The molecule has 18 nitrogen and oxygen atoms in total. The number of hydrogen-bond acceptors (Lipinski definition) is 14. The minimum atomic E-state index is -1.07. The Morgan fingerprint density at radius 1 is 0.582 bits per heavy atom. The Morgan fingerprint density at radius 3 is 1.15 bits per heavy atom. The van der Waals surface area contributed by atoms with Gasteiger partial charge >= 0.3 is 23.9 Å². The second kappa shape index (κ2) is 25.5. The molecule has 0 radical (unpaired) electrons. The van der Waals surface area contributed by atoms with Gasteiger partial charge in [0.15, 0.2) is 0 Å². The molecule has 6 fully saturated rings. The van der Waals surface area contributed by atoms with Crippen LogP contribution in [0.4, 0.5) is 0 Å². The van der Waals surface area contributed by atoms with Crippen LogP contribution in [0.3, 0.4) is 0 Å². The number of nitrogens with zero attached hydrogens (tertiary/aromatic N) is 4. The molecular formula is C46H65Cl3N6O12. The van der Waals surface area contributed by atoms with Gasteiger partial charge in [-0.25, -0.2) is 0 Å². The standard InChI is InChI=1S/2C22H29N3O6.CH2Cl2.CH4.ClH/c2*1-24-8-10-25(11-9-24)20(26)18-16-6-7-17(31-16)19(18)22(29)30-14-4-2-13(3-5-14)12-15(23)21(27)28;2-1-3;;/h2*2-5,15-19H,6-12,23H2,1H3,(H,27,28);1H2;1H4;1H. The number of alkyl halides is 2. The minimum Gasteiger partial charge on any atom is -0.480 e. The van der Waals surface area contributed by atoms with Crippen LogP contribution in [-0.2, 0) is 51.1 Å². The summed E-state index contributed by atoms with van der Waals surface area (Å²) in [6.07, 6.45) is 2.43. The van der Waals surface area contributed by atoms with Crippen LogP contribution in [0.15, 0.2) is 48.5 Å². The number of nitrogens with two attached hydrogens (primary N) is 2. The number of piperazine rings is 2. The van der Waals surface area contributed by atoms with E-state index in [9.17, 15) is 28.8 Å². The predicted molar refractivity (Wildman–Crippen MR) is 251 cm³/mol. The van der Waals surface area contributed by atoms with E-state index in [0.29, 0.717) is 37.7 Å². The number of carbonyl (C=O) groups is 6. The highest BCUT2D eigenvalue weighted by molar-refractivity contribution is 6.40. The van der Waals surface area contributed by atoms with Gasteiger partial charge in [-0.1, -0.05) is 31.7 Å². The van der Waals surface area contributed by atoms with Gasteiger partial charge in [0.1, 0.15) is 23.6 Å². The molecule has 0 saturated carbocycles. The van der Waals surface area contributed by atoms with E-state index in [0.717, 1.165) is 63.0 Å². The highest BCUT2D eigenvalue weighted by Gasteiger charge is 2.58. The molecule has 0 aliphatic carbocycles. The van der Waals surface area contributed by atoms with Crippen molar-refractivity contribution in [3.8, 4) is 11.5 Å². The molecular weight excluding hydrogens is 935 g/mol. The van der Waals surface area contributed by atoms with Crippen LogP contribution >= 0.6 is 35.6 Å². The Hall–Kier alpha value is -4.11. The fourth-order valence-electron chi connectivity index (χ4n) is 9.50. The van der Waals surface area contributed by atoms with Crippen LogP contribution in [-0.4, -0.2) is 174 Å². The van der Waals surface area contributed by atoms with Gasteiger partial charge in [0.05, 0.1) is 53.4 Å². The van der Waals surface area contributed by atoms with Gasteiger partial charge in [0, 0.05) is 52.4 Å². The third-order valence-corrected chi connectivity index (χ3v) is 13.1. The van der Waals surface area contributed by atoms with Gasteiger partial charge in [-0.3, -0.25) is 28.8 Å². The molecule has 372 valence electrons. The van der Waals surface area contributed by atoms with Gasteiger partial charge in [0.25, 0.3) is 0 Å². The lowest BCUT2D eigenvalue weighted by atomic mass is 9.78. The zero-order valence-electron chi connectivity index (χ0n) is 37.1. The van der Waals surface area contributed by atoms with Gasteiger partial charge in [-0.05, 0) is 88.0 Å². The SMILES string of the molecule is C.CN1CCN(C(=O)C2C3CCC(O3)C2C(=O)Oc2ccc(CC(N)C(=O)O)cc2)CC1.CN1CCN(C(=O)C2C3CCC(O3)C2C(=O)Oc2ccc(CC(N)C(=O)O)cc2)CC1.Cl.ClCCl. The zero-order chi connectivity index (χ0) is 46.9. The van der Waals surface area contributed by atoms with Crippen molar-refractivity contribution >= 4 is 71.3 Å². The lowest BCUT2D eigenvalue weighted by molar-refractivity contribution is -0.149. The number of hydrogen-bond donors (Lipinski definition) is 4. The molecule has 6 aliphatic heterocycles. The molecule has 10 atom stereocenters. The Balaban J connectivity index is 0.000000269. The van der Waals surface area contributed by atoms with E-state index in [-0.39, 0.29) is 74.2 Å². The fourth-order valence-corrected chi connectivity index (χ4v) is 9.50. The highest BCUT2D eigenvalue weighted by Crippen LogP contribution is 2.46. The molecule has 67 heavy (non-hydrogen) atoms. The van der Waals surface area contributed by atoms with Crippen LogP contribution in [0.25, 0.3) is 0 Å². The van der Waals surface area contributed by atoms with Crippen LogP contribution in [0.5, 0.6) is 11.5 Å². The smallest absolute Gasteiger partial charge is 0.320 e. The number of fused-ring (bicyclic) bond motifs is 4. The number of benzene rings is 2. The predicted octanol–water partition coefficient (Wildman–Crippen LogP) is 2.71. The van der Waals surface area contributed by atoms with E-state index in [4.69, 9.17) is 63.8 Å².